The molecule has 1 amide bonds. The van der Waals surface area contributed by atoms with Crippen LogP contribution in [0.4, 0.5) is 0 Å². The van der Waals surface area contributed by atoms with Gasteiger partial charge in [0.2, 0.25) is 0 Å². The number of carbonyl (C=O) groups is 1. The van der Waals surface area contributed by atoms with E-state index in [0.717, 1.165) is 24.2 Å². The smallest absolute Gasteiger partial charge is 0.277 e. The van der Waals surface area contributed by atoms with Gasteiger partial charge in [0.15, 0.2) is 6.61 Å². The molecule has 0 saturated carbocycles. The molecule has 0 spiro atoms. The first-order valence-electron chi connectivity index (χ1n) is 9.09. The van der Waals surface area contributed by atoms with Gasteiger partial charge in [-0.1, -0.05) is 49.8 Å². The molecule has 0 aromatic heterocycles. The van der Waals surface area contributed by atoms with Crippen molar-refractivity contribution in [3.63, 3.8) is 0 Å². The Morgan fingerprint density at radius 1 is 1.04 bits per heavy atom. The summed E-state index contributed by atoms with van der Waals surface area (Å²) in [5, 5.41) is 4.04. The molecular weight excluding hydrogens is 340 g/mol. The highest BCUT2D eigenvalue weighted by atomic mass is 16.5. The fourth-order valence-corrected chi connectivity index (χ4v) is 2.12. The Bertz CT molecular complexity index is 753. The standard InChI is InChI=1S/C22H26N2O3/c1-3-4-16-26-20-12-14-21(15-13-20)27-17-22(25)24-23-18(2)10-11-19-8-6-5-7-9-19/h5-15H,3-4,16-17H2,1-2H3,(H,24,25)/b11-10+,23-18+. The van der Waals surface area contributed by atoms with Crippen molar-refractivity contribution in [2.24, 2.45) is 5.10 Å². The molecule has 1 N–H and O–H groups in total. The molecule has 5 heteroatoms. The highest BCUT2D eigenvalue weighted by Crippen LogP contribution is 2.17. The van der Waals surface area contributed by atoms with Crippen molar-refractivity contribution < 1.29 is 14.3 Å². The monoisotopic (exact) mass is 366 g/mol. The van der Waals surface area contributed by atoms with Gasteiger partial charge in [0, 0.05) is 0 Å². The molecule has 0 radical (unpaired) electrons. The minimum Gasteiger partial charge on any atom is -0.494 e. The summed E-state index contributed by atoms with van der Waals surface area (Å²) < 4.78 is 11.0. The molecule has 0 atom stereocenters. The molecule has 0 saturated heterocycles. The number of nitrogens with one attached hydrogen (secondary N) is 1. The van der Waals surface area contributed by atoms with Crippen LogP contribution in [0, 0.1) is 0 Å². The molecule has 0 aliphatic heterocycles. The van der Waals surface area contributed by atoms with Crippen LogP contribution in [0.25, 0.3) is 6.08 Å². The van der Waals surface area contributed by atoms with Crippen molar-refractivity contribution in [2.75, 3.05) is 13.2 Å². The minimum atomic E-state index is -0.314. The van der Waals surface area contributed by atoms with Crippen molar-refractivity contribution in [1.82, 2.24) is 5.43 Å². The number of hydrazone groups is 1. The van der Waals surface area contributed by atoms with E-state index in [4.69, 9.17) is 9.47 Å². The van der Waals surface area contributed by atoms with Crippen LogP contribution >= 0.6 is 0 Å². The van der Waals surface area contributed by atoms with Crippen LogP contribution < -0.4 is 14.9 Å². The van der Waals surface area contributed by atoms with Gasteiger partial charge in [0.05, 0.1) is 12.3 Å². The first-order chi connectivity index (χ1) is 13.2. The fraction of sp³-hybridized carbons (Fsp3) is 0.273. The van der Waals surface area contributed by atoms with Crippen LogP contribution in [-0.2, 0) is 4.79 Å². The van der Waals surface area contributed by atoms with Crippen molar-refractivity contribution in [3.05, 3.63) is 66.2 Å². The Morgan fingerprint density at radius 3 is 2.37 bits per heavy atom. The maximum atomic E-state index is 11.8. The van der Waals surface area contributed by atoms with Crippen molar-refractivity contribution in [1.29, 1.82) is 0 Å². The Kier molecular flexibility index (Phi) is 8.63. The average Bonchev–Trinajstić information content (AvgIpc) is 2.71. The van der Waals surface area contributed by atoms with Crippen LogP contribution in [0.15, 0.2) is 65.8 Å². The van der Waals surface area contributed by atoms with Crippen LogP contribution in [0.1, 0.15) is 32.3 Å². The lowest BCUT2D eigenvalue weighted by atomic mass is 10.2. The largest absolute Gasteiger partial charge is 0.494 e. The summed E-state index contributed by atoms with van der Waals surface area (Å²) in [5.41, 5.74) is 4.25. The number of hydrogen-bond donors (Lipinski definition) is 1. The molecule has 142 valence electrons. The summed E-state index contributed by atoms with van der Waals surface area (Å²) in [4.78, 5) is 11.8. The lowest BCUT2D eigenvalue weighted by molar-refractivity contribution is -0.123. The van der Waals surface area contributed by atoms with E-state index < -0.39 is 0 Å². The zero-order valence-electron chi connectivity index (χ0n) is 15.9. The normalized spacial score (nSPS) is 11.4. The second-order valence-corrected chi connectivity index (χ2v) is 5.99. The predicted molar refractivity (Wildman–Crippen MR) is 109 cm³/mol. The lowest BCUT2D eigenvalue weighted by Crippen LogP contribution is -2.25. The summed E-state index contributed by atoms with van der Waals surface area (Å²) in [6, 6.07) is 17.1. The van der Waals surface area contributed by atoms with Gasteiger partial charge in [-0.15, -0.1) is 0 Å². The molecular formula is C22H26N2O3. The molecule has 0 bridgehead atoms. The Labute approximate surface area is 160 Å². The van der Waals surface area contributed by atoms with Crippen molar-refractivity contribution in [2.45, 2.75) is 26.7 Å². The van der Waals surface area contributed by atoms with E-state index in [1.807, 2.05) is 61.5 Å². The second-order valence-electron chi connectivity index (χ2n) is 5.99. The summed E-state index contributed by atoms with van der Waals surface area (Å²) in [6.45, 7) is 4.54. The highest BCUT2D eigenvalue weighted by molar-refractivity contribution is 5.97. The number of unbranched alkanes of at least 4 members (excludes halogenated alkanes) is 1. The Hall–Kier alpha value is -3.08. The average molecular weight is 366 g/mol. The van der Waals surface area contributed by atoms with E-state index in [1.54, 1.807) is 12.1 Å². The second kappa shape index (κ2) is 11.5. The van der Waals surface area contributed by atoms with Gasteiger partial charge in [0.1, 0.15) is 11.5 Å². The number of hydrogen-bond acceptors (Lipinski definition) is 4. The summed E-state index contributed by atoms with van der Waals surface area (Å²) >= 11 is 0. The third kappa shape index (κ3) is 8.23. The van der Waals surface area contributed by atoms with Gasteiger partial charge in [-0.25, -0.2) is 5.43 Å². The Morgan fingerprint density at radius 2 is 1.70 bits per heavy atom. The molecule has 2 rings (SSSR count). The number of rotatable bonds is 10. The summed E-state index contributed by atoms with van der Waals surface area (Å²) in [6.07, 6.45) is 5.90. The molecule has 0 unspecified atom stereocenters. The van der Waals surface area contributed by atoms with Gasteiger partial charge in [-0.05, 0) is 49.2 Å². The predicted octanol–water partition coefficient (Wildman–Crippen LogP) is 4.45. The third-order valence-electron chi connectivity index (χ3n) is 3.63. The van der Waals surface area contributed by atoms with Crippen LogP contribution in [-0.4, -0.2) is 24.8 Å². The molecule has 27 heavy (non-hydrogen) atoms. The fourth-order valence-electron chi connectivity index (χ4n) is 2.12. The molecule has 2 aromatic rings. The van der Waals surface area contributed by atoms with Gasteiger partial charge < -0.3 is 9.47 Å². The first-order valence-corrected chi connectivity index (χ1v) is 9.09. The highest BCUT2D eigenvalue weighted by Gasteiger charge is 2.02. The van der Waals surface area contributed by atoms with E-state index in [9.17, 15) is 4.79 Å². The number of ether oxygens (including phenoxy) is 2. The van der Waals surface area contributed by atoms with Crippen LogP contribution in [0.5, 0.6) is 11.5 Å². The number of nitrogens with zero attached hydrogens (tertiary/aromatic N) is 1. The van der Waals surface area contributed by atoms with E-state index in [0.29, 0.717) is 18.1 Å². The zero-order valence-corrected chi connectivity index (χ0v) is 15.9. The van der Waals surface area contributed by atoms with E-state index >= 15 is 0 Å². The molecule has 5 nitrogen and oxygen atoms in total. The topological polar surface area (TPSA) is 59.9 Å². The van der Waals surface area contributed by atoms with Gasteiger partial charge in [-0.2, -0.15) is 5.10 Å². The van der Waals surface area contributed by atoms with Crippen molar-refractivity contribution >= 4 is 17.7 Å². The number of amides is 1. The summed E-state index contributed by atoms with van der Waals surface area (Å²) in [7, 11) is 0. The SMILES string of the molecule is CCCCOc1ccc(OCC(=O)N/N=C(C)/C=C/c2ccccc2)cc1. The molecule has 0 fully saturated rings. The van der Waals surface area contributed by atoms with E-state index in [-0.39, 0.29) is 12.5 Å². The maximum absolute atomic E-state index is 11.8. The number of benzene rings is 2. The molecule has 0 aliphatic carbocycles. The van der Waals surface area contributed by atoms with Gasteiger partial charge >= 0.3 is 0 Å². The molecule has 0 aliphatic rings. The lowest BCUT2D eigenvalue weighted by Gasteiger charge is -2.08. The van der Waals surface area contributed by atoms with E-state index in [2.05, 4.69) is 17.5 Å². The minimum absolute atomic E-state index is 0.102. The van der Waals surface area contributed by atoms with Gasteiger partial charge in [0.25, 0.3) is 5.91 Å². The van der Waals surface area contributed by atoms with Crippen LogP contribution in [0.3, 0.4) is 0 Å². The number of allylic oxidation sites excluding steroid dienone is 1. The van der Waals surface area contributed by atoms with E-state index in [1.165, 1.54) is 0 Å². The first kappa shape index (κ1) is 20.2. The van der Waals surface area contributed by atoms with Crippen molar-refractivity contribution in [3.8, 4) is 11.5 Å². The Balaban J connectivity index is 1.73. The number of carbonyl (C=O) groups excluding carboxylic acids is 1. The zero-order chi connectivity index (χ0) is 19.3. The van der Waals surface area contributed by atoms with Crippen LogP contribution in [0.2, 0.25) is 0 Å². The summed E-state index contributed by atoms with van der Waals surface area (Å²) in [5.74, 6) is 1.09. The molecule has 2 aromatic carbocycles. The maximum Gasteiger partial charge on any atom is 0.277 e. The van der Waals surface area contributed by atoms with Gasteiger partial charge in [-0.3, -0.25) is 4.79 Å². The quantitative estimate of drug-likeness (QED) is 0.384. The molecule has 0 heterocycles. The third-order valence-corrected chi connectivity index (χ3v) is 3.63.